The van der Waals surface area contributed by atoms with Crippen LogP contribution in [0.1, 0.15) is 10.4 Å². The molecule has 7 nitrogen and oxygen atoms in total. The largest absolute Gasteiger partial charge is 0.461 e. The molecule has 2 rings (SSSR count). The molecule has 1 aromatic carbocycles. The van der Waals surface area contributed by atoms with Crippen LogP contribution in [-0.4, -0.2) is 64.0 Å². The molecule has 0 radical (unpaired) electrons. The van der Waals surface area contributed by atoms with Crippen LogP contribution in [0.4, 0.5) is 0 Å². The lowest BCUT2D eigenvalue weighted by Gasteiger charge is -2.39. The number of ether oxygens (including phenoxy) is 2. The molecule has 0 aliphatic carbocycles. The summed E-state index contributed by atoms with van der Waals surface area (Å²) in [7, 11) is 0. The highest BCUT2D eigenvalue weighted by molar-refractivity contribution is 5.79. The number of para-hydroxylation sites is 1. The Bertz CT molecular complexity index is 462. The Balaban J connectivity index is 2.17. The third-order valence-corrected chi connectivity index (χ3v) is 3.14. The molecule has 4 N–H and O–H groups in total. The third kappa shape index (κ3) is 2.82. The van der Waals surface area contributed by atoms with E-state index in [0.717, 1.165) is 0 Å². The first kappa shape index (κ1) is 14.9. The predicted octanol–water partition coefficient (Wildman–Crippen LogP) is -1.32. The van der Waals surface area contributed by atoms with Crippen molar-refractivity contribution in [2.24, 2.45) is 0 Å². The molecule has 1 saturated heterocycles. The van der Waals surface area contributed by atoms with Gasteiger partial charge in [0, 0.05) is 0 Å². The highest BCUT2D eigenvalue weighted by atomic mass is 16.7. The molecule has 1 aromatic rings. The van der Waals surface area contributed by atoms with Crippen molar-refractivity contribution < 1.29 is 34.7 Å². The lowest BCUT2D eigenvalue weighted by Crippen LogP contribution is -2.60. The van der Waals surface area contributed by atoms with Gasteiger partial charge >= 0.3 is 0 Å². The summed E-state index contributed by atoms with van der Waals surface area (Å²) in [4.78, 5) is 10.9. The van der Waals surface area contributed by atoms with E-state index in [9.17, 15) is 20.1 Å². The van der Waals surface area contributed by atoms with Crippen molar-refractivity contribution in [2.75, 3.05) is 6.61 Å². The van der Waals surface area contributed by atoms with Gasteiger partial charge in [-0.2, -0.15) is 0 Å². The van der Waals surface area contributed by atoms with E-state index in [1.807, 2.05) is 0 Å². The van der Waals surface area contributed by atoms with Crippen LogP contribution in [-0.2, 0) is 4.74 Å². The topological polar surface area (TPSA) is 116 Å². The first-order valence-corrected chi connectivity index (χ1v) is 6.10. The number of benzene rings is 1. The summed E-state index contributed by atoms with van der Waals surface area (Å²) in [6.07, 6.45) is -6.24. The van der Waals surface area contributed by atoms with E-state index in [-0.39, 0.29) is 11.3 Å². The maximum atomic E-state index is 10.9. The first-order valence-electron chi connectivity index (χ1n) is 6.10. The minimum Gasteiger partial charge on any atom is -0.461 e. The monoisotopic (exact) mass is 284 g/mol. The van der Waals surface area contributed by atoms with Crippen molar-refractivity contribution in [1.82, 2.24) is 0 Å². The van der Waals surface area contributed by atoms with E-state index in [1.165, 1.54) is 12.1 Å². The third-order valence-electron chi connectivity index (χ3n) is 3.14. The summed E-state index contributed by atoms with van der Waals surface area (Å²) >= 11 is 0. The van der Waals surface area contributed by atoms with E-state index >= 15 is 0 Å². The van der Waals surface area contributed by atoms with Gasteiger partial charge in [-0.3, -0.25) is 4.79 Å². The lowest BCUT2D eigenvalue weighted by molar-refractivity contribution is -0.277. The van der Waals surface area contributed by atoms with E-state index < -0.39 is 37.3 Å². The van der Waals surface area contributed by atoms with Crippen LogP contribution in [0.25, 0.3) is 0 Å². The Morgan fingerprint density at radius 1 is 1.15 bits per heavy atom. The number of carbonyl (C=O) groups is 1. The number of aliphatic hydroxyl groups is 4. The van der Waals surface area contributed by atoms with Crippen LogP contribution in [0.15, 0.2) is 24.3 Å². The van der Waals surface area contributed by atoms with E-state index in [0.29, 0.717) is 6.29 Å². The van der Waals surface area contributed by atoms with Crippen molar-refractivity contribution >= 4 is 6.29 Å². The second kappa shape index (κ2) is 6.29. The van der Waals surface area contributed by atoms with Crippen LogP contribution >= 0.6 is 0 Å². The molecule has 1 heterocycles. The second-order valence-electron chi connectivity index (χ2n) is 4.47. The normalized spacial score (nSPS) is 33.7. The van der Waals surface area contributed by atoms with Gasteiger partial charge in [-0.15, -0.1) is 0 Å². The fourth-order valence-electron chi connectivity index (χ4n) is 1.98. The highest BCUT2D eigenvalue weighted by Crippen LogP contribution is 2.25. The van der Waals surface area contributed by atoms with Gasteiger partial charge in [0.15, 0.2) is 6.29 Å². The van der Waals surface area contributed by atoms with Gasteiger partial charge in [0.2, 0.25) is 6.29 Å². The molecular formula is C13H16O7. The minimum absolute atomic E-state index is 0.173. The molecule has 20 heavy (non-hydrogen) atoms. The molecule has 1 aliphatic heterocycles. The van der Waals surface area contributed by atoms with Gasteiger partial charge in [0.1, 0.15) is 30.2 Å². The maximum absolute atomic E-state index is 10.9. The van der Waals surface area contributed by atoms with E-state index in [2.05, 4.69) is 0 Å². The molecule has 0 unspecified atom stereocenters. The van der Waals surface area contributed by atoms with Gasteiger partial charge in [-0.05, 0) is 12.1 Å². The summed E-state index contributed by atoms with van der Waals surface area (Å²) in [6.45, 7) is -0.542. The zero-order chi connectivity index (χ0) is 14.7. The fraction of sp³-hybridized carbons (Fsp3) is 0.462. The Hall–Kier alpha value is -1.51. The average Bonchev–Trinajstić information content (AvgIpc) is 2.48. The number of aldehydes is 1. The standard InChI is InChI=1S/C13H16O7/c14-5-7-3-1-2-4-8(7)19-13-12(18)11(17)10(16)9(6-15)20-13/h1-5,9-13,15-18H,6H2/t9-,10+,11-,12+,13+/m0/s1. The highest BCUT2D eigenvalue weighted by Gasteiger charge is 2.44. The van der Waals surface area contributed by atoms with E-state index in [4.69, 9.17) is 14.6 Å². The molecule has 110 valence electrons. The maximum Gasteiger partial charge on any atom is 0.229 e. The number of carbonyl (C=O) groups excluding carboxylic acids is 1. The van der Waals surface area contributed by atoms with Crippen molar-refractivity contribution in [2.45, 2.75) is 30.7 Å². The lowest BCUT2D eigenvalue weighted by atomic mass is 9.99. The van der Waals surface area contributed by atoms with Gasteiger partial charge < -0.3 is 29.9 Å². The zero-order valence-corrected chi connectivity index (χ0v) is 10.5. The number of hydrogen-bond donors (Lipinski definition) is 4. The molecule has 0 spiro atoms. The summed E-state index contributed by atoms with van der Waals surface area (Å²) in [5.41, 5.74) is 0.254. The Morgan fingerprint density at radius 2 is 1.85 bits per heavy atom. The first-order chi connectivity index (χ1) is 9.58. The number of rotatable bonds is 4. The molecule has 1 aliphatic rings. The Kier molecular flexibility index (Phi) is 4.69. The minimum atomic E-state index is -1.52. The molecule has 1 fully saturated rings. The van der Waals surface area contributed by atoms with Gasteiger partial charge in [-0.1, -0.05) is 12.1 Å². The van der Waals surface area contributed by atoms with Crippen LogP contribution in [0.3, 0.4) is 0 Å². The van der Waals surface area contributed by atoms with Crippen LogP contribution in [0.5, 0.6) is 5.75 Å². The fourth-order valence-corrected chi connectivity index (χ4v) is 1.98. The van der Waals surface area contributed by atoms with Crippen molar-refractivity contribution in [3.8, 4) is 5.75 Å². The average molecular weight is 284 g/mol. The Morgan fingerprint density at radius 3 is 2.50 bits per heavy atom. The van der Waals surface area contributed by atoms with Crippen LogP contribution < -0.4 is 4.74 Å². The van der Waals surface area contributed by atoms with Gasteiger partial charge in [-0.25, -0.2) is 0 Å². The second-order valence-corrected chi connectivity index (χ2v) is 4.47. The van der Waals surface area contributed by atoms with Crippen molar-refractivity contribution in [3.63, 3.8) is 0 Å². The summed E-state index contributed by atoms with van der Waals surface area (Å²) in [5.74, 6) is 0.173. The predicted molar refractivity (Wildman–Crippen MR) is 66.2 cm³/mol. The molecule has 0 saturated carbocycles. The van der Waals surface area contributed by atoms with Gasteiger partial charge in [0.25, 0.3) is 0 Å². The Labute approximate surface area is 115 Å². The zero-order valence-electron chi connectivity index (χ0n) is 10.5. The SMILES string of the molecule is O=Cc1ccccc1O[C@@H]1O[C@@H](CO)[C@@H](O)[C@H](O)[C@H]1O. The smallest absolute Gasteiger partial charge is 0.229 e. The number of aliphatic hydroxyl groups excluding tert-OH is 4. The van der Waals surface area contributed by atoms with Crippen molar-refractivity contribution in [3.05, 3.63) is 29.8 Å². The molecule has 0 aromatic heterocycles. The van der Waals surface area contributed by atoms with Crippen LogP contribution in [0, 0.1) is 0 Å². The number of hydrogen-bond acceptors (Lipinski definition) is 7. The van der Waals surface area contributed by atoms with E-state index in [1.54, 1.807) is 12.1 Å². The van der Waals surface area contributed by atoms with Crippen LogP contribution in [0.2, 0.25) is 0 Å². The van der Waals surface area contributed by atoms with Gasteiger partial charge in [0.05, 0.1) is 12.2 Å². The quantitative estimate of drug-likeness (QED) is 0.507. The summed E-state index contributed by atoms with van der Waals surface area (Å²) in [5, 5.41) is 38.1. The summed E-state index contributed by atoms with van der Waals surface area (Å²) < 4.78 is 10.5. The molecule has 7 heteroatoms. The summed E-state index contributed by atoms with van der Waals surface area (Å²) in [6, 6.07) is 6.30. The molecule has 5 atom stereocenters. The molecule has 0 bridgehead atoms. The molecule has 0 amide bonds. The molecular weight excluding hydrogens is 268 g/mol. The van der Waals surface area contributed by atoms with Crippen molar-refractivity contribution in [1.29, 1.82) is 0 Å².